The summed E-state index contributed by atoms with van der Waals surface area (Å²) in [7, 11) is 0. The van der Waals surface area contributed by atoms with Gasteiger partial charge in [-0.2, -0.15) is 0 Å². The molecule has 0 aliphatic carbocycles. The minimum Gasteiger partial charge on any atom is -0.477 e. The first-order valence-corrected chi connectivity index (χ1v) is 10.2. The zero-order chi connectivity index (χ0) is 20.0. The number of hydrogen-bond acceptors (Lipinski definition) is 5. The van der Waals surface area contributed by atoms with Crippen LogP contribution in [0.4, 0.5) is 4.39 Å². The van der Waals surface area contributed by atoms with Crippen LogP contribution in [0.5, 0.6) is 11.5 Å². The number of Topliss-reactive ketones (excluding diaryl/α,β-unsaturated/α-hetero) is 1. The highest BCUT2D eigenvalue weighted by Gasteiger charge is 2.33. The molecule has 2 aromatic carbocycles. The first kappa shape index (κ1) is 18.1. The van der Waals surface area contributed by atoms with Gasteiger partial charge in [-0.1, -0.05) is 18.2 Å². The SMILES string of the molecule is Cc1c2c(cc3c1O/C(=C\c1cccc(F)c1)C3=O)CN(Cc1cccs1)CO2. The molecule has 0 fully saturated rings. The van der Waals surface area contributed by atoms with Crippen molar-refractivity contribution in [1.29, 1.82) is 0 Å². The van der Waals surface area contributed by atoms with Crippen molar-refractivity contribution in [2.24, 2.45) is 0 Å². The van der Waals surface area contributed by atoms with Crippen LogP contribution in [-0.2, 0) is 13.1 Å². The largest absolute Gasteiger partial charge is 0.477 e. The van der Waals surface area contributed by atoms with E-state index >= 15 is 0 Å². The van der Waals surface area contributed by atoms with E-state index in [1.807, 2.05) is 19.1 Å². The van der Waals surface area contributed by atoms with Crippen molar-refractivity contribution in [3.63, 3.8) is 0 Å². The summed E-state index contributed by atoms with van der Waals surface area (Å²) < 4.78 is 25.4. The average molecular weight is 407 g/mol. The molecule has 0 atom stereocenters. The Morgan fingerprint density at radius 3 is 2.90 bits per heavy atom. The lowest BCUT2D eigenvalue weighted by molar-refractivity contribution is 0.0886. The number of nitrogens with zero attached hydrogens (tertiary/aromatic N) is 1. The number of rotatable bonds is 3. The molecule has 0 bridgehead atoms. The minimum absolute atomic E-state index is 0.189. The van der Waals surface area contributed by atoms with Crippen LogP contribution in [-0.4, -0.2) is 17.4 Å². The van der Waals surface area contributed by atoms with Gasteiger partial charge in [0.05, 0.1) is 5.56 Å². The Morgan fingerprint density at radius 1 is 1.21 bits per heavy atom. The maximum absolute atomic E-state index is 13.5. The zero-order valence-electron chi connectivity index (χ0n) is 15.8. The number of halogens is 1. The summed E-state index contributed by atoms with van der Waals surface area (Å²) in [5, 5.41) is 2.06. The van der Waals surface area contributed by atoms with E-state index in [0.29, 0.717) is 30.2 Å². The van der Waals surface area contributed by atoms with Crippen molar-refractivity contribution < 1.29 is 18.7 Å². The predicted molar refractivity (Wildman–Crippen MR) is 110 cm³/mol. The van der Waals surface area contributed by atoms with Crippen LogP contribution >= 0.6 is 11.3 Å². The van der Waals surface area contributed by atoms with Crippen molar-refractivity contribution in [1.82, 2.24) is 4.90 Å². The molecular weight excluding hydrogens is 389 g/mol. The van der Waals surface area contributed by atoms with Gasteiger partial charge >= 0.3 is 0 Å². The zero-order valence-corrected chi connectivity index (χ0v) is 16.6. The Morgan fingerprint density at radius 2 is 2.10 bits per heavy atom. The van der Waals surface area contributed by atoms with E-state index in [4.69, 9.17) is 9.47 Å². The number of ketones is 1. The summed E-state index contributed by atoms with van der Waals surface area (Å²) >= 11 is 1.72. The van der Waals surface area contributed by atoms with Gasteiger partial charge in [0, 0.05) is 29.1 Å². The Balaban J connectivity index is 1.45. The fourth-order valence-corrected chi connectivity index (χ4v) is 4.51. The van der Waals surface area contributed by atoms with Gasteiger partial charge in [0.1, 0.15) is 24.0 Å². The molecule has 0 radical (unpaired) electrons. The Bertz CT molecular complexity index is 1140. The fourth-order valence-electron chi connectivity index (χ4n) is 3.77. The van der Waals surface area contributed by atoms with Gasteiger partial charge in [0.15, 0.2) is 5.76 Å². The van der Waals surface area contributed by atoms with E-state index in [1.54, 1.807) is 29.5 Å². The van der Waals surface area contributed by atoms with Crippen molar-refractivity contribution in [2.45, 2.75) is 20.0 Å². The molecule has 3 heterocycles. The molecule has 2 aliphatic heterocycles. The molecule has 0 unspecified atom stereocenters. The highest BCUT2D eigenvalue weighted by Crippen LogP contribution is 2.43. The Kier molecular flexibility index (Phi) is 4.45. The molecular formula is C23H18FNO3S. The van der Waals surface area contributed by atoms with E-state index in [0.717, 1.165) is 23.4 Å². The van der Waals surface area contributed by atoms with Gasteiger partial charge < -0.3 is 9.47 Å². The lowest BCUT2D eigenvalue weighted by Gasteiger charge is -2.30. The molecule has 6 heteroatoms. The summed E-state index contributed by atoms with van der Waals surface area (Å²) in [5.74, 6) is 0.972. The second-order valence-corrected chi connectivity index (χ2v) is 8.23. The summed E-state index contributed by atoms with van der Waals surface area (Å²) in [6.07, 6.45) is 1.58. The molecule has 5 rings (SSSR count). The van der Waals surface area contributed by atoms with Crippen LogP contribution in [0.1, 0.15) is 31.9 Å². The maximum Gasteiger partial charge on any atom is 0.231 e. The third-order valence-electron chi connectivity index (χ3n) is 5.11. The van der Waals surface area contributed by atoms with Crippen LogP contribution in [0, 0.1) is 12.7 Å². The van der Waals surface area contributed by atoms with Crippen LogP contribution in [0.2, 0.25) is 0 Å². The molecule has 0 saturated carbocycles. The van der Waals surface area contributed by atoms with E-state index in [1.165, 1.54) is 17.0 Å². The second kappa shape index (κ2) is 7.13. The number of carbonyl (C=O) groups is 1. The van der Waals surface area contributed by atoms with Crippen LogP contribution in [0.15, 0.2) is 53.6 Å². The van der Waals surface area contributed by atoms with Crippen molar-refractivity contribution in [2.75, 3.05) is 6.73 Å². The van der Waals surface area contributed by atoms with Crippen LogP contribution < -0.4 is 9.47 Å². The molecule has 1 aromatic heterocycles. The van der Waals surface area contributed by atoms with E-state index in [2.05, 4.69) is 16.3 Å². The highest BCUT2D eigenvalue weighted by molar-refractivity contribution is 7.09. The van der Waals surface area contributed by atoms with Gasteiger partial charge in [0.25, 0.3) is 0 Å². The molecule has 0 N–H and O–H groups in total. The van der Waals surface area contributed by atoms with Crippen LogP contribution in [0.3, 0.4) is 0 Å². The number of carbonyl (C=O) groups excluding carboxylic acids is 1. The number of ether oxygens (including phenoxy) is 2. The molecule has 0 saturated heterocycles. The van der Waals surface area contributed by atoms with E-state index in [9.17, 15) is 9.18 Å². The summed E-state index contributed by atoms with van der Waals surface area (Å²) in [5.41, 5.74) is 2.92. The molecule has 4 nitrogen and oxygen atoms in total. The molecule has 0 spiro atoms. The fraction of sp³-hybridized carbons (Fsp3) is 0.174. The molecule has 0 amide bonds. The van der Waals surface area contributed by atoms with Gasteiger partial charge in [-0.05, 0) is 48.2 Å². The molecule has 146 valence electrons. The highest BCUT2D eigenvalue weighted by atomic mass is 32.1. The Labute approximate surface area is 171 Å². The standard InChI is InChI=1S/C23H18FNO3S/c1-14-22-16(11-25(13-27-22)12-18-6-3-7-29-18)10-19-21(26)20(28-23(14)19)9-15-4-2-5-17(24)8-15/h2-10H,11-13H2,1H3/b20-9-. The number of thiophene rings is 1. The smallest absolute Gasteiger partial charge is 0.231 e. The second-order valence-electron chi connectivity index (χ2n) is 7.20. The topological polar surface area (TPSA) is 38.8 Å². The van der Waals surface area contributed by atoms with Crippen molar-refractivity contribution in [3.8, 4) is 11.5 Å². The lowest BCUT2D eigenvalue weighted by atomic mass is 10.00. The molecule has 3 aromatic rings. The summed E-state index contributed by atoms with van der Waals surface area (Å²) in [4.78, 5) is 16.4. The maximum atomic E-state index is 13.5. The average Bonchev–Trinajstić information content (AvgIpc) is 3.31. The monoisotopic (exact) mass is 407 g/mol. The molecule has 2 aliphatic rings. The van der Waals surface area contributed by atoms with Gasteiger partial charge in [-0.25, -0.2) is 4.39 Å². The van der Waals surface area contributed by atoms with E-state index < -0.39 is 0 Å². The number of hydrogen-bond donors (Lipinski definition) is 0. The summed E-state index contributed by atoms with van der Waals surface area (Å²) in [6.45, 7) is 3.91. The van der Waals surface area contributed by atoms with Crippen molar-refractivity contribution in [3.05, 3.63) is 86.6 Å². The number of fused-ring (bicyclic) bond motifs is 2. The minimum atomic E-state index is -0.354. The summed E-state index contributed by atoms with van der Waals surface area (Å²) in [6, 6.07) is 12.1. The normalized spacial score (nSPS) is 17.0. The predicted octanol–water partition coefficient (Wildman–Crippen LogP) is 5.16. The van der Waals surface area contributed by atoms with Crippen LogP contribution in [0.25, 0.3) is 6.08 Å². The number of allylic oxidation sites excluding steroid dienone is 1. The Hall–Kier alpha value is -2.96. The van der Waals surface area contributed by atoms with Gasteiger partial charge in [-0.3, -0.25) is 9.69 Å². The first-order valence-electron chi connectivity index (χ1n) is 9.32. The van der Waals surface area contributed by atoms with E-state index in [-0.39, 0.29) is 17.4 Å². The van der Waals surface area contributed by atoms with Gasteiger partial charge in [0.2, 0.25) is 5.78 Å². The molecule has 29 heavy (non-hydrogen) atoms. The third-order valence-corrected chi connectivity index (χ3v) is 5.97. The number of benzene rings is 2. The van der Waals surface area contributed by atoms with Gasteiger partial charge in [-0.15, -0.1) is 11.3 Å². The quantitative estimate of drug-likeness (QED) is 0.562. The first-order chi connectivity index (χ1) is 14.1. The lowest BCUT2D eigenvalue weighted by Crippen LogP contribution is -2.31. The third kappa shape index (κ3) is 3.34. The van der Waals surface area contributed by atoms with Crippen molar-refractivity contribution >= 4 is 23.2 Å².